The molecule has 0 spiro atoms. The Labute approximate surface area is 141 Å². The molecule has 1 aromatic carbocycles. The quantitative estimate of drug-likeness (QED) is 0.911. The first-order valence-electron chi connectivity index (χ1n) is 8.52. The molecule has 1 saturated heterocycles. The van der Waals surface area contributed by atoms with Crippen LogP contribution < -0.4 is 0 Å². The standard InChI is InChI=1S/C18H24FN3O2/c1-12-5-6-14(10-15(12)19)18-20-17(24-21-18)4-3-8-22-9-7-13(2)16(23)11-22/h5-6,10,13,16,23H,3-4,7-9,11H2,1-2H3. The number of aromatic nitrogens is 2. The van der Waals surface area contributed by atoms with Gasteiger partial charge in [-0.05, 0) is 50.4 Å². The van der Waals surface area contributed by atoms with Crippen LogP contribution in [0.15, 0.2) is 22.7 Å². The van der Waals surface area contributed by atoms with Gasteiger partial charge in [-0.2, -0.15) is 4.98 Å². The van der Waals surface area contributed by atoms with Crippen molar-refractivity contribution in [3.63, 3.8) is 0 Å². The van der Waals surface area contributed by atoms with E-state index in [4.69, 9.17) is 4.52 Å². The van der Waals surface area contributed by atoms with Crippen molar-refractivity contribution in [2.45, 2.75) is 39.2 Å². The molecule has 2 atom stereocenters. The lowest BCUT2D eigenvalue weighted by Gasteiger charge is -2.34. The second kappa shape index (κ2) is 7.40. The molecule has 130 valence electrons. The minimum absolute atomic E-state index is 0.231. The number of hydrogen-bond acceptors (Lipinski definition) is 5. The smallest absolute Gasteiger partial charge is 0.227 e. The number of nitrogens with zero attached hydrogens (tertiary/aromatic N) is 3. The summed E-state index contributed by atoms with van der Waals surface area (Å²) in [6.45, 7) is 6.48. The Balaban J connectivity index is 1.52. The van der Waals surface area contributed by atoms with Crippen molar-refractivity contribution in [2.24, 2.45) is 5.92 Å². The Morgan fingerprint density at radius 2 is 2.25 bits per heavy atom. The highest BCUT2D eigenvalue weighted by molar-refractivity contribution is 5.54. The molecule has 0 amide bonds. The summed E-state index contributed by atoms with van der Waals surface area (Å²) in [7, 11) is 0. The molecule has 2 heterocycles. The van der Waals surface area contributed by atoms with Crippen molar-refractivity contribution < 1.29 is 14.0 Å². The normalized spacial score (nSPS) is 22.0. The van der Waals surface area contributed by atoms with Crippen LogP contribution in [-0.4, -0.2) is 45.9 Å². The van der Waals surface area contributed by atoms with Gasteiger partial charge >= 0.3 is 0 Å². The summed E-state index contributed by atoms with van der Waals surface area (Å²) in [5, 5.41) is 13.9. The van der Waals surface area contributed by atoms with Crippen molar-refractivity contribution in [1.82, 2.24) is 15.0 Å². The van der Waals surface area contributed by atoms with E-state index in [1.54, 1.807) is 19.1 Å². The van der Waals surface area contributed by atoms with Gasteiger partial charge in [0.05, 0.1) is 6.10 Å². The molecular formula is C18H24FN3O2. The minimum Gasteiger partial charge on any atom is -0.392 e. The van der Waals surface area contributed by atoms with E-state index >= 15 is 0 Å². The molecule has 3 rings (SSSR count). The van der Waals surface area contributed by atoms with Crippen LogP contribution in [0, 0.1) is 18.7 Å². The maximum absolute atomic E-state index is 13.6. The highest BCUT2D eigenvalue weighted by Gasteiger charge is 2.23. The number of likely N-dealkylation sites (tertiary alicyclic amines) is 1. The number of aliphatic hydroxyl groups excluding tert-OH is 1. The summed E-state index contributed by atoms with van der Waals surface area (Å²) in [6, 6.07) is 4.94. The van der Waals surface area contributed by atoms with Crippen LogP contribution in [0.5, 0.6) is 0 Å². The van der Waals surface area contributed by atoms with Gasteiger partial charge < -0.3 is 14.5 Å². The first-order chi connectivity index (χ1) is 11.5. The Morgan fingerprint density at radius 3 is 3.00 bits per heavy atom. The second-order valence-corrected chi connectivity index (χ2v) is 6.71. The van der Waals surface area contributed by atoms with Crippen LogP contribution in [0.4, 0.5) is 4.39 Å². The molecular weight excluding hydrogens is 309 g/mol. The van der Waals surface area contributed by atoms with Gasteiger partial charge in [0, 0.05) is 18.5 Å². The summed E-state index contributed by atoms with van der Waals surface area (Å²) in [4.78, 5) is 6.62. The number of halogens is 1. The summed E-state index contributed by atoms with van der Waals surface area (Å²) >= 11 is 0. The third-order valence-electron chi connectivity index (χ3n) is 4.77. The lowest BCUT2D eigenvalue weighted by Crippen LogP contribution is -2.43. The molecule has 1 aliphatic rings. The third-order valence-corrected chi connectivity index (χ3v) is 4.77. The maximum atomic E-state index is 13.6. The highest BCUT2D eigenvalue weighted by Crippen LogP contribution is 2.20. The zero-order valence-corrected chi connectivity index (χ0v) is 14.2. The van der Waals surface area contributed by atoms with Crippen LogP contribution >= 0.6 is 0 Å². The largest absolute Gasteiger partial charge is 0.392 e. The molecule has 1 aromatic heterocycles. The van der Waals surface area contributed by atoms with Crippen molar-refractivity contribution in [2.75, 3.05) is 19.6 Å². The van der Waals surface area contributed by atoms with E-state index < -0.39 is 0 Å². The molecule has 1 N–H and O–H groups in total. The van der Waals surface area contributed by atoms with Crippen LogP contribution in [0.25, 0.3) is 11.4 Å². The molecule has 2 unspecified atom stereocenters. The molecule has 0 radical (unpaired) electrons. The highest BCUT2D eigenvalue weighted by atomic mass is 19.1. The van der Waals surface area contributed by atoms with Gasteiger partial charge in [-0.15, -0.1) is 0 Å². The Kier molecular flexibility index (Phi) is 5.26. The van der Waals surface area contributed by atoms with E-state index in [1.165, 1.54) is 6.07 Å². The number of benzene rings is 1. The van der Waals surface area contributed by atoms with E-state index in [0.717, 1.165) is 32.5 Å². The number of rotatable bonds is 5. The van der Waals surface area contributed by atoms with Gasteiger partial charge in [-0.25, -0.2) is 4.39 Å². The van der Waals surface area contributed by atoms with Crippen LogP contribution in [0.1, 0.15) is 31.2 Å². The average molecular weight is 333 g/mol. The van der Waals surface area contributed by atoms with Gasteiger partial charge in [0.1, 0.15) is 5.82 Å². The molecule has 0 saturated carbocycles. The topological polar surface area (TPSA) is 62.4 Å². The fourth-order valence-electron chi connectivity index (χ4n) is 2.98. The number of β-amino-alcohol motifs (C(OH)–C–C–N with tert-alkyl or cyclic N) is 1. The van der Waals surface area contributed by atoms with Gasteiger partial charge in [0.15, 0.2) is 0 Å². The minimum atomic E-state index is -0.267. The molecule has 24 heavy (non-hydrogen) atoms. The first kappa shape index (κ1) is 17.0. The Morgan fingerprint density at radius 1 is 1.42 bits per heavy atom. The predicted molar refractivity (Wildman–Crippen MR) is 89.0 cm³/mol. The zero-order chi connectivity index (χ0) is 17.1. The molecule has 1 aliphatic heterocycles. The van der Waals surface area contributed by atoms with Crippen LogP contribution in [-0.2, 0) is 6.42 Å². The van der Waals surface area contributed by atoms with E-state index in [9.17, 15) is 9.50 Å². The van der Waals surface area contributed by atoms with E-state index in [0.29, 0.717) is 35.2 Å². The van der Waals surface area contributed by atoms with E-state index in [-0.39, 0.29) is 11.9 Å². The Bertz CT molecular complexity index is 689. The zero-order valence-electron chi connectivity index (χ0n) is 14.2. The van der Waals surface area contributed by atoms with Gasteiger partial charge in [0.2, 0.25) is 11.7 Å². The van der Waals surface area contributed by atoms with Crippen LogP contribution in [0.2, 0.25) is 0 Å². The first-order valence-corrected chi connectivity index (χ1v) is 8.52. The fourth-order valence-corrected chi connectivity index (χ4v) is 2.98. The fraction of sp³-hybridized carbons (Fsp3) is 0.556. The third kappa shape index (κ3) is 3.99. The lowest BCUT2D eigenvalue weighted by molar-refractivity contribution is 0.0287. The molecule has 2 aromatic rings. The second-order valence-electron chi connectivity index (χ2n) is 6.71. The predicted octanol–water partition coefficient (Wildman–Crippen LogP) is 2.82. The SMILES string of the molecule is Cc1ccc(-c2noc(CCCN3CCC(C)C(O)C3)n2)cc1F. The van der Waals surface area contributed by atoms with Gasteiger partial charge in [-0.3, -0.25) is 0 Å². The van der Waals surface area contributed by atoms with Crippen molar-refractivity contribution in [3.05, 3.63) is 35.5 Å². The maximum Gasteiger partial charge on any atom is 0.227 e. The van der Waals surface area contributed by atoms with E-state index in [1.807, 2.05) is 0 Å². The number of hydrogen-bond donors (Lipinski definition) is 1. The summed E-state index contributed by atoms with van der Waals surface area (Å²) < 4.78 is 18.9. The lowest BCUT2D eigenvalue weighted by atomic mass is 9.96. The molecule has 1 fully saturated rings. The molecule has 5 nitrogen and oxygen atoms in total. The van der Waals surface area contributed by atoms with Crippen LogP contribution in [0.3, 0.4) is 0 Å². The summed E-state index contributed by atoms with van der Waals surface area (Å²) in [5.74, 6) is 1.11. The molecule has 0 bridgehead atoms. The number of aliphatic hydroxyl groups is 1. The molecule has 0 aliphatic carbocycles. The number of aryl methyl sites for hydroxylation is 2. The Hall–Kier alpha value is -1.79. The molecule has 6 heteroatoms. The monoisotopic (exact) mass is 333 g/mol. The average Bonchev–Trinajstić information content (AvgIpc) is 3.02. The number of piperidine rings is 1. The van der Waals surface area contributed by atoms with E-state index in [2.05, 4.69) is 22.0 Å². The van der Waals surface area contributed by atoms with Gasteiger partial charge in [-0.1, -0.05) is 24.2 Å². The van der Waals surface area contributed by atoms with Crippen molar-refractivity contribution >= 4 is 0 Å². The van der Waals surface area contributed by atoms with Crippen molar-refractivity contribution in [1.29, 1.82) is 0 Å². The van der Waals surface area contributed by atoms with Crippen molar-refractivity contribution in [3.8, 4) is 11.4 Å². The summed E-state index contributed by atoms with van der Waals surface area (Å²) in [6.07, 6.45) is 2.38. The summed E-state index contributed by atoms with van der Waals surface area (Å²) in [5.41, 5.74) is 1.22. The van der Waals surface area contributed by atoms with Gasteiger partial charge in [0.25, 0.3) is 0 Å².